The molecule has 1 heterocycles. The van der Waals surface area contributed by atoms with E-state index < -0.39 is 22.0 Å². The zero-order valence-corrected chi connectivity index (χ0v) is 16.5. The standard InChI is InChI=1S/C20H17ClN2O4S/c1-28(25,26)23-12-19(27-18-10-9-14(21)11-17(18)23)20(24)22-16-8-4-6-13-5-2-3-7-15(13)16/h2-11,19H,12H2,1H3,(H,22,24). The van der Waals surface area contributed by atoms with Crippen LogP contribution in [0.15, 0.2) is 60.7 Å². The van der Waals surface area contributed by atoms with E-state index in [-0.39, 0.29) is 6.54 Å². The van der Waals surface area contributed by atoms with Gasteiger partial charge in [0.15, 0.2) is 6.10 Å². The maximum absolute atomic E-state index is 12.9. The van der Waals surface area contributed by atoms with Crippen LogP contribution in [0.2, 0.25) is 5.02 Å². The van der Waals surface area contributed by atoms with E-state index in [0.29, 0.717) is 22.1 Å². The molecule has 3 aromatic rings. The number of nitrogens with one attached hydrogen (secondary N) is 1. The van der Waals surface area contributed by atoms with E-state index in [1.807, 2.05) is 36.4 Å². The molecular formula is C20H17ClN2O4S. The molecule has 0 bridgehead atoms. The van der Waals surface area contributed by atoms with Crippen LogP contribution in [0.1, 0.15) is 0 Å². The minimum absolute atomic E-state index is 0.136. The van der Waals surface area contributed by atoms with Crippen LogP contribution in [-0.4, -0.2) is 33.2 Å². The fourth-order valence-electron chi connectivity index (χ4n) is 3.22. The Morgan fingerprint density at radius 1 is 1.14 bits per heavy atom. The molecule has 1 N–H and O–H groups in total. The van der Waals surface area contributed by atoms with Crippen molar-refractivity contribution in [2.75, 3.05) is 22.4 Å². The maximum atomic E-state index is 12.9. The van der Waals surface area contributed by atoms with Gasteiger partial charge in [-0.15, -0.1) is 0 Å². The third-order valence-corrected chi connectivity index (χ3v) is 5.91. The Kier molecular flexibility index (Phi) is 4.64. The van der Waals surface area contributed by atoms with Gasteiger partial charge in [-0.25, -0.2) is 8.42 Å². The largest absolute Gasteiger partial charge is 0.476 e. The van der Waals surface area contributed by atoms with Crippen molar-refractivity contribution in [1.29, 1.82) is 0 Å². The molecule has 6 nitrogen and oxygen atoms in total. The highest BCUT2D eigenvalue weighted by atomic mass is 35.5. The number of rotatable bonds is 3. The van der Waals surface area contributed by atoms with Crippen molar-refractivity contribution in [1.82, 2.24) is 0 Å². The molecule has 0 fully saturated rings. The number of carbonyl (C=O) groups is 1. The quantitative estimate of drug-likeness (QED) is 0.707. The molecule has 8 heteroatoms. The topological polar surface area (TPSA) is 75.7 Å². The molecule has 28 heavy (non-hydrogen) atoms. The number of halogens is 1. The smallest absolute Gasteiger partial charge is 0.267 e. The first-order chi connectivity index (χ1) is 13.3. The van der Waals surface area contributed by atoms with Gasteiger partial charge < -0.3 is 10.1 Å². The molecule has 4 rings (SSSR count). The number of hydrogen-bond acceptors (Lipinski definition) is 4. The van der Waals surface area contributed by atoms with Gasteiger partial charge in [-0.05, 0) is 29.7 Å². The summed E-state index contributed by atoms with van der Waals surface area (Å²) in [6, 6.07) is 17.9. The number of sulfonamides is 1. The number of fused-ring (bicyclic) bond motifs is 2. The molecule has 1 aliphatic heterocycles. The Hall–Kier alpha value is -2.77. The molecule has 0 radical (unpaired) electrons. The summed E-state index contributed by atoms with van der Waals surface area (Å²) in [6.45, 7) is -0.136. The number of ether oxygens (including phenoxy) is 1. The summed E-state index contributed by atoms with van der Waals surface area (Å²) in [6.07, 6.45) is 0.0882. The van der Waals surface area contributed by atoms with Crippen molar-refractivity contribution in [2.45, 2.75) is 6.10 Å². The van der Waals surface area contributed by atoms with E-state index in [2.05, 4.69) is 5.32 Å². The number of amides is 1. The van der Waals surface area contributed by atoms with Gasteiger partial charge in [0.05, 0.1) is 18.5 Å². The van der Waals surface area contributed by atoms with Gasteiger partial charge in [-0.1, -0.05) is 48.0 Å². The van der Waals surface area contributed by atoms with E-state index >= 15 is 0 Å². The van der Waals surface area contributed by atoms with Crippen LogP contribution in [0.3, 0.4) is 0 Å². The number of nitrogens with zero attached hydrogens (tertiary/aromatic N) is 1. The maximum Gasteiger partial charge on any atom is 0.267 e. The molecule has 144 valence electrons. The monoisotopic (exact) mass is 416 g/mol. The van der Waals surface area contributed by atoms with Crippen molar-refractivity contribution in [2.24, 2.45) is 0 Å². The molecule has 0 aromatic heterocycles. The van der Waals surface area contributed by atoms with Gasteiger partial charge >= 0.3 is 0 Å². The van der Waals surface area contributed by atoms with Crippen molar-refractivity contribution in [3.05, 3.63) is 65.7 Å². The Bertz CT molecular complexity index is 1170. The van der Waals surface area contributed by atoms with Crippen molar-refractivity contribution < 1.29 is 17.9 Å². The van der Waals surface area contributed by atoms with E-state index in [9.17, 15) is 13.2 Å². The van der Waals surface area contributed by atoms with Gasteiger partial charge in [0, 0.05) is 16.1 Å². The molecule has 1 unspecified atom stereocenters. The van der Waals surface area contributed by atoms with Crippen LogP contribution >= 0.6 is 11.6 Å². The van der Waals surface area contributed by atoms with Gasteiger partial charge in [-0.3, -0.25) is 9.10 Å². The summed E-state index contributed by atoms with van der Waals surface area (Å²) in [5, 5.41) is 5.12. The van der Waals surface area contributed by atoms with Crippen LogP contribution in [-0.2, 0) is 14.8 Å². The minimum Gasteiger partial charge on any atom is -0.476 e. The van der Waals surface area contributed by atoms with Crippen LogP contribution in [0.25, 0.3) is 10.8 Å². The van der Waals surface area contributed by atoms with Crippen molar-refractivity contribution >= 4 is 49.7 Å². The molecule has 0 saturated carbocycles. The SMILES string of the molecule is CS(=O)(=O)N1CC(C(=O)Nc2cccc3ccccc23)Oc2ccc(Cl)cc21. The highest BCUT2D eigenvalue weighted by Gasteiger charge is 2.35. The lowest BCUT2D eigenvalue weighted by atomic mass is 10.1. The van der Waals surface area contributed by atoms with Gasteiger partial charge in [0.2, 0.25) is 10.0 Å². The van der Waals surface area contributed by atoms with Gasteiger partial charge in [-0.2, -0.15) is 0 Å². The molecule has 1 atom stereocenters. The Labute approximate surface area is 167 Å². The second-order valence-electron chi connectivity index (χ2n) is 6.53. The third kappa shape index (κ3) is 3.50. The summed E-state index contributed by atoms with van der Waals surface area (Å²) < 4.78 is 31.4. The van der Waals surface area contributed by atoms with Crippen LogP contribution in [0.4, 0.5) is 11.4 Å². The number of carbonyl (C=O) groups excluding carboxylic acids is 1. The highest BCUT2D eigenvalue weighted by Crippen LogP contribution is 2.37. The Balaban J connectivity index is 1.66. The second-order valence-corrected chi connectivity index (χ2v) is 8.87. The van der Waals surface area contributed by atoms with E-state index in [1.165, 1.54) is 6.07 Å². The predicted octanol–water partition coefficient (Wildman–Crippen LogP) is 3.66. The zero-order chi connectivity index (χ0) is 19.9. The fourth-order valence-corrected chi connectivity index (χ4v) is 4.30. The van der Waals surface area contributed by atoms with Crippen molar-refractivity contribution in [3.8, 4) is 5.75 Å². The van der Waals surface area contributed by atoms with E-state index in [0.717, 1.165) is 21.3 Å². The molecule has 1 aliphatic rings. The third-order valence-electron chi connectivity index (χ3n) is 4.53. The summed E-state index contributed by atoms with van der Waals surface area (Å²) in [5.41, 5.74) is 0.962. The average molecular weight is 417 g/mol. The first kappa shape index (κ1) is 18.6. The number of anilines is 2. The van der Waals surface area contributed by atoms with E-state index in [1.54, 1.807) is 18.2 Å². The molecular weight excluding hydrogens is 400 g/mol. The van der Waals surface area contributed by atoms with Crippen LogP contribution in [0.5, 0.6) is 5.75 Å². The lowest BCUT2D eigenvalue weighted by Crippen LogP contribution is -2.48. The Morgan fingerprint density at radius 3 is 2.68 bits per heavy atom. The van der Waals surface area contributed by atoms with Gasteiger partial charge in [0.25, 0.3) is 5.91 Å². The summed E-state index contributed by atoms with van der Waals surface area (Å²) >= 11 is 6.00. The molecule has 0 aliphatic carbocycles. The summed E-state index contributed by atoms with van der Waals surface area (Å²) in [4.78, 5) is 12.9. The zero-order valence-electron chi connectivity index (χ0n) is 14.9. The summed E-state index contributed by atoms with van der Waals surface area (Å²) in [7, 11) is -3.62. The lowest BCUT2D eigenvalue weighted by molar-refractivity contribution is -0.122. The lowest BCUT2D eigenvalue weighted by Gasteiger charge is -2.34. The minimum atomic E-state index is -3.62. The number of benzene rings is 3. The average Bonchev–Trinajstić information content (AvgIpc) is 2.66. The molecule has 0 spiro atoms. The van der Waals surface area contributed by atoms with Crippen molar-refractivity contribution in [3.63, 3.8) is 0 Å². The molecule has 0 saturated heterocycles. The predicted molar refractivity (Wildman–Crippen MR) is 111 cm³/mol. The molecule has 3 aromatic carbocycles. The first-order valence-electron chi connectivity index (χ1n) is 8.55. The van der Waals surface area contributed by atoms with E-state index in [4.69, 9.17) is 16.3 Å². The van der Waals surface area contributed by atoms with Crippen LogP contribution < -0.4 is 14.4 Å². The van der Waals surface area contributed by atoms with Crippen LogP contribution in [0, 0.1) is 0 Å². The fraction of sp³-hybridized carbons (Fsp3) is 0.150. The first-order valence-corrected chi connectivity index (χ1v) is 10.8. The molecule has 1 amide bonds. The normalized spacial score (nSPS) is 16.4. The Morgan fingerprint density at radius 2 is 1.89 bits per heavy atom. The number of hydrogen-bond donors (Lipinski definition) is 1. The van der Waals surface area contributed by atoms with Gasteiger partial charge in [0.1, 0.15) is 5.75 Å². The summed E-state index contributed by atoms with van der Waals surface area (Å²) in [5.74, 6) is -0.134. The highest BCUT2D eigenvalue weighted by molar-refractivity contribution is 7.92. The second kappa shape index (κ2) is 7.00.